The number of anilines is 2. The Balaban J connectivity index is 2.02. The number of carbonyl (C=O) groups is 2. The van der Waals surface area contributed by atoms with Gasteiger partial charge in [-0.2, -0.15) is 0 Å². The summed E-state index contributed by atoms with van der Waals surface area (Å²) in [6.45, 7) is 8.11. The van der Waals surface area contributed by atoms with Gasteiger partial charge in [0.05, 0.1) is 30.1 Å². The standard InChI is InChI=1S/C24H35ClN6O4/c1-6-15(13-26)21(32)31(27)22-28-17-10-11-18(34-5)19(25)20(17)30(22)16-9-7-8-12-29(14-16)23(33)35-24(2,3)4/h6,10-11,13,16,22,26,28H,7-9,12,14,27H2,1-5H3/b15-6+,26-13?/t16-,22?/m1/s1. The van der Waals surface area contributed by atoms with E-state index in [1.54, 1.807) is 17.9 Å². The van der Waals surface area contributed by atoms with Crippen LogP contribution in [0.25, 0.3) is 0 Å². The van der Waals surface area contributed by atoms with Crippen LogP contribution in [0.5, 0.6) is 5.75 Å². The van der Waals surface area contributed by atoms with Crippen molar-refractivity contribution in [3.63, 3.8) is 0 Å². The SMILES string of the molecule is C/C=C(\C=N)C(=O)N(N)C1Nc2ccc(OC)c(Cl)c2N1[C@@H]1CCCCN(C(=O)OC(C)(C)C)C1. The summed E-state index contributed by atoms with van der Waals surface area (Å²) >= 11 is 6.76. The first kappa shape index (κ1) is 26.6. The van der Waals surface area contributed by atoms with Crippen LogP contribution in [0.1, 0.15) is 47.0 Å². The first-order chi connectivity index (χ1) is 16.5. The van der Waals surface area contributed by atoms with Gasteiger partial charge >= 0.3 is 6.09 Å². The molecule has 35 heavy (non-hydrogen) atoms. The predicted octanol–water partition coefficient (Wildman–Crippen LogP) is 3.95. The van der Waals surface area contributed by atoms with Crippen LogP contribution in [0.3, 0.4) is 0 Å². The normalized spacial score (nSPS) is 20.5. The van der Waals surface area contributed by atoms with Crippen molar-refractivity contribution in [3.05, 3.63) is 28.8 Å². The number of benzene rings is 1. The third-order valence-corrected chi connectivity index (χ3v) is 6.38. The van der Waals surface area contributed by atoms with Crippen LogP contribution in [0.15, 0.2) is 23.8 Å². The number of ether oxygens (including phenoxy) is 2. The van der Waals surface area contributed by atoms with Gasteiger partial charge < -0.3 is 30.0 Å². The maximum atomic E-state index is 13.0. The van der Waals surface area contributed by atoms with E-state index in [-0.39, 0.29) is 17.7 Å². The second-order valence-electron chi connectivity index (χ2n) is 9.58. The van der Waals surface area contributed by atoms with E-state index in [0.29, 0.717) is 35.2 Å². The van der Waals surface area contributed by atoms with Gasteiger partial charge in [0, 0.05) is 19.3 Å². The van der Waals surface area contributed by atoms with Crippen molar-refractivity contribution in [2.75, 3.05) is 30.4 Å². The van der Waals surface area contributed by atoms with Crippen molar-refractivity contribution >= 4 is 41.2 Å². The van der Waals surface area contributed by atoms with Gasteiger partial charge in [-0.1, -0.05) is 17.7 Å². The van der Waals surface area contributed by atoms with E-state index >= 15 is 0 Å². The van der Waals surface area contributed by atoms with Gasteiger partial charge in [0.2, 0.25) is 0 Å². The molecule has 0 aromatic heterocycles. The molecule has 10 nitrogen and oxygen atoms in total. The molecule has 2 heterocycles. The van der Waals surface area contributed by atoms with E-state index in [1.807, 2.05) is 31.7 Å². The molecule has 1 saturated heterocycles. The summed E-state index contributed by atoms with van der Waals surface area (Å²) in [6, 6.07) is 3.34. The number of allylic oxidation sites excluding steroid dienone is 1. The fourth-order valence-corrected chi connectivity index (χ4v) is 4.70. The Bertz CT molecular complexity index is 1010. The van der Waals surface area contributed by atoms with Crippen LogP contribution in [-0.2, 0) is 9.53 Å². The number of hydrogen-bond acceptors (Lipinski definition) is 8. The van der Waals surface area contributed by atoms with Crippen molar-refractivity contribution in [1.29, 1.82) is 5.41 Å². The molecule has 1 fully saturated rings. The topological polar surface area (TPSA) is 124 Å². The lowest BCUT2D eigenvalue weighted by Crippen LogP contribution is -2.60. The summed E-state index contributed by atoms with van der Waals surface area (Å²) < 4.78 is 11.1. The molecule has 4 N–H and O–H groups in total. The number of likely N-dealkylation sites (tertiary alicyclic amines) is 1. The Labute approximate surface area is 211 Å². The molecule has 0 spiro atoms. The molecule has 11 heteroatoms. The molecule has 2 aliphatic rings. The lowest BCUT2D eigenvalue weighted by atomic mass is 10.1. The number of hydrazine groups is 1. The van der Waals surface area contributed by atoms with Crippen molar-refractivity contribution in [2.24, 2.45) is 5.84 Å². The molecule has 0 bridgehead atoms. The Morgan fingerprint density at radius 3 is 2.63 bits per heavy atom. The molecule has 2 atom stereocenters. The highest BCUT2D eigenvalue weighted by molar-refractivity contribution is 6.35. The number of halogens is 1. The van der Waals surface area contributed by atoms with Crippen LogP contribution in [0.2, 0.25) is 5.02 Å². The first-order valence-corrected chi connectivity index (χ1v) is 12.0. The van der Waals surface area contributed by atoms with Crippen LogP contribution in [0.4, 0.5) is 16.2 Å². The van der Waals surface area contributed by atoms with Gasteiger partial charge in [-0.15, -0.1) is 0 Å². The minimum Gasteiger partial charge on any atom is -0.495 e. The van der Waals surface area contributed by atoms with Gasteiger partial charge in [0.1, 0.15) is 16.4 Å². The largest absolute Gasteiger partial charge is 0.495 e. The number of rotatable bonds is 5. The lowest BCUT2D eigenvalue weighted by Gasteiger charge is -2.40. The molecule has 2 aliphatic heterocycles. The fourth-order valence-electron chi connectivity index (χ4n) is 4.36. The summed E-state index contributed by atoms with van der Waals surface area (Å²) in [4.78, 5) is 29.6. The highest BCUT2D eigenvalue weighted by atomic mass is 35.5. The number of methoxy groups -OCH3 is 1. The van der Waals surface area contributed by atoms with Crippen LogP contribution in [-0.4, -0.2) is 66.3 Å². The summed E-state index contributed by atoms with van der Waals surface area (Å²) in [5.74, 6) is 6.31. The second-order valence-corrected chi connectivity index (χ2v) is 9.96. The highest BCUT2D eigenvalue weighted by Crippen LogP contribution is 2.47. The second kappa shape index (κ2) is 10.7. The molecule has 1 aromatic rings. The molecule has 3 rings (SSSR count). The highest BCUT2D eigenvalue weighted by Gasteiger charge is 2.42. The van der Waals surface area contributed by atoms with E-state index in [4.69, 9.17) is 32.3 Å². The van der Waals surface area contributed by atoms with Gasteiger partial charge in [0.25, 0.3) is 5.91 Å². The molecule has 192 valence electrons. The molecule has 0 aliphatic carbocycles. The van der Waals surface area contributed by atoms with E-state index in [1.165, 1.54) is 13.2 Å². The average Bonchev–Trinajstić information content (AvgIpc) is 3.02. The van der Waals surface area contributed by atoms with Crippen molar-refractivity contribution in [1.82, 2.24) is 9.91 Å². The van der Waals surface area contributed by atoms with Gasteiger partial charge in [0.15, 0.2) is 6.29 Å². The number of hydrogen-bond donors (Lipinski definition) is 3. The van der Waals surface area contributed by atoms with Crippen molar-refractivity contribution < 1.29 is 19.1 Å². The molecule has 0 radical (unpaired) electrons. The Morgan fingerprint density at radius 2 is 2.03 bits per heavy atom. The number of fused-ring (bicyclic) bond motifs is 1. The van der Waals surface area contributed by atoms with E-state index in [2.05, 4.69) is 5.32 Å². The quantitative estimate of drug-likeness (QED) is 0.181. The molecule has 1 aromatic carbocycles. The van der Waals surface area contributed by atoms with Crippen molar-refractivity contribution in [2.45, 2.75) is 64.9 Å². The molecular weight excluding hydrogens is 472 g/mol. The molecule has 1 unspecified atom stereocenters. The maximum absolute atomic E-state index is 13.0. The summed E-state index contributed by atoms with van der Waals surface area (Å²) in [5, 5.41) is 12.3. The van der Waals surface area contributed by atoms with E-state index in [0.717, 1.165) is 30.5 Å². The minimum absolute atomic E-state index is 0.158. The third kappa shape index (κ3) is 5.65. The fraction of sp³-hybridized carbons (Fsp3) is 0.542. The summed E-state index contributed by atoms with van der Waals surface area (Å²) in [5.41, 5.74) is 0.877. The van der Waals surface area contributed by atoms with Crippen LogP contribution in [0, 0.1) is 5.41 Å². The lowest BCUT2D eigenvalue weighted by molar-refractivity contribution is -0.128. The monoisotopic (exact) mass is 506 g/mol. The van der Waals surface area contributed by atoms with Gasteiger partial charge in [-0.05, 0) is 59.1 Å². The minimum atomic E-state index is -0.791. The van der Waals surface area contributed by atoms with Crippen LogP contribution >= 0.6 is 11.6 Å². The number of nitrogens with one attached hydrogen (secondary N) is 2. The van der Waals surface area contributed by atoms with E-state index < -0.39 is 17.8 Å². The molecular formula is C24H35ClN6O4. The zero-order valence-electron chi connectivity index (χ0n) is 20.9. The Morgan fingerprint density at radius 1 is 1.31 bits per heavy atom. The van der Waals surface area contributed by atoms with E-state index in [9.17, 15) is 9.59 Å². The number of nitrogens with zero attached hydrogens (tertiary/aromatic N) is 3. The predicted molar refractivity (Wildman–Crippen MR) is 137 cm³/mol. The zero-order valence-corrected chi connectivity index (χ0v) is 21.7. The number of amides is 2. The number of nitrogens with two attached hydrogens (primary N) is 1. The van der Waals surface area contributed by atoms with Gasteiger partial charge in [-0.3, -0.25) is 4.79 Å². The van der Waals surface area contributed by atoms with Gasteiger partial charge in [-0.25, -0.2) is 15.6 Å². The van der Waals surface area contributed by atoms with Crippen LogP contribution < -0.4 is 20.8 Å². The first-order valence-electron chi connectivity index (χ1n) is 11.7. The summed E-state index contributed by atoms with van der Waals surface area (Å²) in [6.07, 6.45) is 3.76. The Hall–Kier alpha value is -2.98. The number of carbonyl (C=O) groups excluding carboxylic acids is 2. The Kier molecular flexibility index (Phi) is 8.17. The summed E-state index contributed by atoms with van der Waals surface area (Å²) in [7, 11) is 1.54. The molecule has 0 saturated carbocycles. The third-order valence-electron chi connectivity index (χ3n) is 6.01. The average molecular weight is 507 g/mol. The zero-order chi connectivity index (χ0) is 25.9. The van der Waals surface area contributed by atoms with Crippen molar-refractivity contribution in [3.8, 4) is 5.75 Å². The smallest absolute Gasteiger partial charge is 0.410 e. The maximum Gasteiger partial charge on any atom is 0.410 e. The molecule has 2 amide bonds.